The number of morpholine rings is 1. The van der Waals surface area contributed by atoms with E-state index in [2.05, 4.69) is 22.8 Å². The van der Waals surface area contributed by atoms with Crippen LogP contribution in [0.4, 0.5) is 0 Å². The summed E-state index contributed by atoms with van der Waals surface area (Å²) in [5.41, 5.74) is 2.42. The first-order valence-electron chi connectivity index (χ1n) is 9.90. The molecular formula is C22H30N3O3S+. The van der Waals surface area contributed by atoms with Crippen molar-refractivity contribution in [2.75, 3.05) is 47.1 Å². The number of hydrogen-bond acceptors (Lipinski definition) is 4. The predicted octanol–water partition coefficient (Wildman–Crippen LogP) is 1.32. The number of hydrogen-bond donors (Lipinski definition) is 3. The predicted molar refractivity (Wildman–Crippen MR) is 118 cm³/mol. The van der Waals surface area contributed by atoms with E-state index in [1.165, 1.54) is 10.5 Å². The third-order valence-electron chi connectivity index (χ3n) is 5.22. The minimum absolute atomic E-state index is 0.297. The van der Waals surface area contributed by atoms with Crippen molar-refractivity contribution < 1.29 is 19.1 Å². The first kappa shape index (κ1) is 21.4. The van der Waals surface area contributed by atoms with Crippen LogP contribution >= 0.6 is 12.2 Å². The largest absolute Gasteiger partial charge is 0.497 e. The lowest BCUT2D eigenvalue weighted by Crippen LogP contribution is -3.15. The lowest BCUT2D eigenvalue weighted by Gasteiger charge is -2.32. The quantitative estimate of drug-likeness (QED) is 0.565. The molecule has 0 unspecified atom stereocenters. The molecule has 156 valence electrons. The molecule has 6 nitrogen and oxygen atoms in total. The molecule has 2 aromatic carbocycles. The molecule has 0 saturated carbocycles. The smallest absolute Gasteiger partial charge is 0.166 e. The highest BCUT2D eigenvalue weighted by Crippen LogP contribution is 2.16. The summed E-state index contributed by atoms with van der Waals surface area (Å²) >= 11 is 5.51. The second-order valence-corrected chi connectivity index (χ2v) is 7.42. The van der Waals surface area contributed by atoms with E-state index in [9.17, 15) is 0 Å². The lowest BCUT2D eigenvalue weighted by molar-refractivity contribution is -0.937. The van der Waals surface area contributed by atoms with Gasteiger partial charge < -0.3 is 29.7 Å². The fraction of sp³-hybridized carbons (Fsp3) is 0.409. The van der Waals surface area contributed by atoms with Crippen LogP contribution in [-0.2, 0) is 11.3 Å². The van der Waals surface area contributed by atoms with Crippen LogP contribution in [0.1, 0.15) is 17.2 Å². The molecule has 1 heterocycles. The average Bonchev–Trinajstić information content (AvgIpc) is 2.79. The fourth-order valence-electron chi connectivity index (χ4n) is 3.50. The Bertz CT molecular complexity index is 762. The van der Waals surface area contributed by atoms with Crippen molar-refractivity contribution >= 4 is 17.3 Å². The van der Waals surface area contributed by atoms with Crippen LogP contribution in [0.25, 0.3) is 0 Å². The Kier molecular flexibility index (Phi) is 8.10. The van der Waals surface area contributed by atoms with Crippen LogP contribution in [-0.4, -0.2) is 52.2 Å². The van der Waals surface area contributed by atoms with E-state index in [1.807, 2.05) is 36.4 Å². The molecule has 0 bridgehead atoms. The first-order valence-corrected chi connectivity index (χ1v) is 10.3. The van der Waals surface area contributed by atoms with Gasteiger partial charge in [-0.1, -0.05) is 12.1 Å². The number of methoxy groups -OCH3 is 2. The molecule has 3 rings (SSSR count). The average molecular weight is 417 g/mol. The maximum atomic E-state index is 5.54. The Morgan fingerprint density at radius 2 is 1.55 bits per heavy atom. The third kappa shape index (κ3) is 6.32. The molecule has 0 amide bonds. The van der Waals surface area contributed by atoms with E-state index >= 15 is 0 Å². The standard InChI is InChI=1S/C22H29N3O3S/c1-26-19-7-3-17(4-8-19)15-23-22(29)24-16-21(25-11-13-28-14-12-25)18-5-9-20(27-2)10-6-18/h3-10,21H,11-16H2,1-2H3,(H2,23,24,29)/p+1/t21-/m1/s1. The maximum Gasteiger partial charge on any atom is 0.166 e. The summed E-state index contributed by atoms with van der Waals surface area (Å²) in [6.07, 6.45) is 0. The summed E-state index contributed by atoms with van der Waals surface area (Å²) in [4.78, 5) is 1.51. The Balaban J connectivity index is 1.56. The third-order valence-corrected chi connectivity index (χ3v) is 5.51. The van der Waals surface area contributed by atoms with Crippen molar-refractivity contribution in [2.24, 2.45) is 0 Å². The zero-order chi connectivity index (χ0) is 20.5. The number of quaternary nitrogens is 1. The van der Waals surface area contributed by atoms with Crippen LogP contribution < -0.4 is 25.0 Å². The van der Waals surface area contributed by atoms with Gasteiger partial charge in [0, 0.05) is 12.1 Å². The molecule has 2 aromatic rings. The maximum absolute atomic E-state index is 5.54. The summed E-state index contributed by atoms with van der Waals surface area (Å²) in [7, 11) is 3.36. The molecule has 1 atom stereocenters. The Labute approximate surface area is 178 Å². The Morgan fingerprint density at radius 3 is 2.14 bits per heavy atom. The van der Waals surface area contributed by atoms with Crippen LogP contribution in [0.3, 0.4) is 0 Å². The Morgan fingerprint density at radius 1 is 0.966 bits per heavy atom. The van der Waals surface area contributed by atoms with Crippen LogP contribution in [0.5, 0.6) is 11.5 Å². The number of benzene rings is 2. The van der Waals surface area contributed by atoms with E-state index < -0.39 is 0 Å². The van der Waals surface area contributed by atoms with Gasteiger partial charge in [-0.2, -0.15) is 0 Å². The molecule has 0 radical (unpaired) electrons. The van der Waals surface area contributed by atoms with Crippen LogP contribution in [0.15, 0.2) is 48.5 Å². The van der Waals surface area contributed by atoms with Gasteiger partial charge in [-0.25, -0.2) is 0 Å². The summed E-state index contributed by atoms with van der Waals surface area (Å²) in [5, 5.41) is 7.35. The van der Waals surface area contributed by atoms with E-state index in [0.29, 0.717) is 17.7 Å². The van der Waals surface area contributed by atoms with Crippen molar-refractivity contribution in [3.05, 3.63) is 59.7 Å². The highest BCUT2D eigenvalue weighted by Gasteiger charge is 2.26. The van der Waals surface area contributed by atoms with Crippen molar-refractivity contribution in [3.8, 4) is 11.5 Å². The number of nitrogens with one attached hydrogen (secondary N) is 3. The minimum atomic E-state index is 0.297. The van der Waals surface area contributed by atoms with Gasteiger partial charge in [0.2, 0.25) is 0 Å². The summed E-state index contributed by atoms with van der Waals surface area (Å²) < 4.78 is 16.0. The Hall–Kier alpha value is -2.35. The van der Waals surface area contributed by atoms with Crippen molar-refractivity contribution in [3.63, 3.8) is 0 Å². The van der Waals surface area contributed by atoms with Gasteiger partial charge in [-0.15, -0.1) is 0 Å². The molecule has 0 spiro atoms. The van der Waals surface area contributed by atoms with Crippen LogP contribution in [0.2, 0.25) is 0 Å². The van der Waals surface area contributed by atoms with Gasteiger partial charge in [-0.3, -0.25) is 0 Å². The molecule has 1 fully saturated rings. The molecule has 0 aromatic heterocycles. The normalized spacial score (nSPS) is 15.4. The monoisotopic (exact) mass is 416 g/mol. The summed E-state index contributed by atoms with van der Waals surface area (Å²) in [6, 6.07) is 16.6. The first-order chi connectivity index (χ1) is 14.2. The molecule has 7 heteroatoms. The zero-order valence-electron chi connectivity index (χ0n) is 17.1. The number of rotatable bonds is 8. The summed E-state index contributed by atoms with van der Waals surface area (Å²) in [6.45, 7) is 5.00. The molecular weight excluding hydrogens is 386 g/mol. The second kappa shape index (κ2) is 11.0. The second-order valence-electron chi connectivity index (χ2n) is 7.01. The van der Waals surface area contributed by atoms with Crippen LogP contribution in [0, 0.1) is 0 Å². The van der Waals surface area contributed by atoms with E-state index in [1.54, 1.807) is 14.2 Å². The molecule has 29 heavy (non-hydrogen) atoms. The highest BCUT2D eigenvalue weighted by molar-refractivity contribution is 7.80. The van der Waals surface area contributed by atoms with Gasteiger partial charge in [0.1, 0.15) is 30.6 Å². The van der Waals surface area contributed by atoms with Gasteiger partial charge in [-0.05, 0) is 54.2 Å². The number of thiocarbonyl (C=S) groups is 1. The summed E-state index contributed by atoms with van der Waals surface area (Å²) in [5.74, 6) is 1.72. The fourth-order valence-corrected chi connectivity index (χ4v) is 3.65. The zero-order valence-corrected chi connectivity index (χ0v) is 17.9. The minimum Gasteiger partial charge on any atom is -0.497 e. The van der Waals surface area contributed by atoms with Crippen molar-refractivity contribution in [1.82, 2.24) is 10.6 Å². The van der Waals surface area contributed by atoms with Gasteiger partial charge in [0.25, 0.3) is 0 Å². The molecule has 1 aliphatic rings. The lowest BCUT2D eigenvalue weighted by atomic mass is 10.0. The van der Waals surface area contributed by atoms with E-state index in [0.717, 1.165) is 49.9 Å². The van der Waals surface area contributed by atoms with E-state index in [-0.39, 0.29) is 0 Å². The van der Waals surface area contributed by atoms with Crippen molar-refractivity contribution in [1.29, 1.82) is 0 Å². The topological polar surface area (TPSA) is 56.2 Å². The molecule has 1 aliphatic heterocycles. The highest BCUT2D eigenvalue weighted by atomic mass is 32.1. The van der Waals surface area contributed by atoms with Gasteiger partial charge in [0.15, 0.2) is 5.11 Å². The molecule has 3 N–H and O–H groups in total. The van der Waals surface area contributed by atoms with E-state index in [4.69, 9.17) is 26.4 Å². The van der Waals surface area contributed by atoms with Gasteiger partial charge >= 0.3 is 0 Å². The molecule has 0 aliphatic carbocycles. The van der Waals surface area contributed by atoms with Gasteiger partial charge in [0.05, 0.1) is 34.0 Å². The van der Waals surface area contributed by atoms with Crippen molar-refractivity contribution in [2.45, 2.75) is 12.6 Å². The SMILES string of the molecule is COc1ccc(CNC(=S)NC[C@H](c2ccc(OC)cc2)[NH+]2CCOCC2)cc1. The molecule has 1 saturated heterocycles. The number of ether oxygens (including phenoxy) is 3.